The molecule has 3 fully saturated rings. The number of methoxy groups -OCH3 is 1. The number of fused-ring (bicyclic) bond motifs is 4. The van der Waals surface area contributed by atoms with E-state index in [9.17, 15) is 24.3 Å². The van der Waals surface area contributed by atoms with Crippen molar-refractivity contribution in [2.75, 3.05) is 16.9 Å². The number of benzene rings is 3. The number of carbonyl (C=O) groups excluding carboxylic acids is 4. The Morgan fingerprint density at radius 2 is 1.45 bits per heavy atom. The lowest BCUT2D eigenvalue weighted by Crippen LogP contribution is -2.48. The molecule has 0 aromatic heterocycles. The number of anilines is 2. The number of carbonyl (C=O) groups is 4. The smallest absolute Gasteiger partial charge is 0.241 e. The second-order valence-corrected chi connectivity index (χ2v) is 11.8. The van der Waals surface area contributed by atoms with Crippen molar-refractivity contribution in [2.24, 2.45) is 29.1 Å². The molecule has 42 heavy (non-hydrogen) atoms. The van der Waals surface area contributed by atoms with Gasteiger partial charge in [-0.25, -0.2) is 4.90 Å². The van der Waals surface area contributed by atoms with Gasteiger partial charge in [-0.1, -0.05) is 54.1 Å². The van der Waals surface area contributed by atoms with Gasteiger partial charge in [0.15, 0.2) is 11.5 Å². The molecule has 0 bridgehead atoms. The number of aromatic hydroxyl groups is 1. The van der Waals surface area contributed by atoms with Crippen molar-refractivity contribution in [1.82, 2.24) is 0 Å². The molecule has 6 atom stereocenters. The number of ether oxygens (including phenoxy) is 1. The van der Waals surface area contributed by atoms with E-state index in [2.05, 4.69) is 0 Å². The Morgan fingerprint density at radius 1 is 0.810 bits per heavy atom. The molecule has 8 nitrogen and oxygen atoms in total. The fourth-order valence-electron chi connectivity index (χ4n) is 7.94. The van der Waals surface area contributed by atoms with Crippen LogP contribution in [0.25, 0.3) is 0 Å². The summed E-state index contributed by atoms with van der Waals surface area (Å²) in [7, 11) is 1.46. The van der Waals surface area contributed by atoms with Gasteiger partial charge in [-0.15, -0.1) is 0 Å². The molecule has 2 heterocycles. The van der Waals surface area contributed by atoms with Gasteiger partial charge in [0.25, 0.3) is 0 Å². The van der Waals surface area contributed by atoms with Crippen LogP contribution in [-0.4, -0.2) is 35.8 Å². The first kappa shape index (κ1) is 26.2. The number of para-hydroxylation sites is 2. The third kappa shape index (κ3) is 3.47. The SMILES string of the molecule is COc1ccc(C2C3=CCC4C(=O)N(c5ccccc5)C(=O)C4C3CC3C(=O)N(c4ccccc4)C(=O)C32C)cc1O. The fraction of sp³-hybridized carbons (Fsp3) is 0.294. The van der Waals surface area contributed by atoms with Crippen molar-refractivity contribution < 1.29 is 29.0 Å². The minimum atomic E-state index is -1.17. The number of rotatable bonds is 4. The molecule has 7 rings (SSSR count). The third-order valence-electron chi connectivity index (χ3n) is 9.84. The van der Waals surface area contributed by atoms with Gasteiger partial charge >= 0.3 is 0 Å². The van der Waals surface area contributed by atoms with E-state index in [1.807, 2.05) is 31.2 Å². The first-order valence-corrected chi connectivity index (χ1v) is 14.2. The lowest BCUT2D eigenvalue weighted by atomic mass is 9.51. The highest BCUT2D eigenvalue weighted by Crippen LogP contribution is 2.64. The number of phenols is 1. The summed E-state index contributed by atoms with van der Waals surface area (Å²) in [5.74, 6) is -3.86. The van der Waals surface area contributed by atoms with Crippen LogP contribution in [0.15, 0.2) is 90.5 Å². The third-order valence-corrected chi connectivity index (χ3v) is 9.84. The normalized spacial score (nSPS) is 30.1. The van der Waals surface area contributed by atoms with E-state index in [4.69, 9.17) is 4.74 Å². The molecular formula is C34H30N2O6. The number of phenolic OH excluding ortho intramolecular Hbond substituents is 1. The molecule has 212 valence electrons. The molecule has 4 aliphatic rings. The average molecular weight is 563 g/mol. The molecule has 4 amide bonds. The zero-order chi connectivity index (χ0) is 29.3. The summed E-state index contributed by atoms with van der Waals surface area (Å²) >= 11 is 0. The fourth-order valence-corrected chi connectivity index (χ4v) is 7.94. The highest BCUT2D eigenvalue weighted by molar-refractivity contribution is 6.25. The van der Waals surface area contributed by atoms with Gasteiger partial charge in [0, 0.05) is 5.92 Å². The monoisotopic (exact) mass is 562 g/mol. The first-order valence-electron chi connectivity index (χ1n) is 14.2. The number of amides is 4. The van der Waals surface area contributed by atoms with Gasteiger partial charge in [-0.05, 0) is 67.6 Å². The van der Waals surface area contributed by atoms with Crippen LogP contribution in [0.1, 0.15) is 31.2 Å². The predicted octanol–water partition coefficient (Wildman–Crippen LogP) is 4.84. The summed E-state index contributed by atoms with van der Waals surface area (Å²) in [6.07, 6.45) is 2.63. The number of hydrogen-bond acceptors (Lipinski definition) is 6. The zero-order valence-corrected chi connectivity index (χ0v) is 23.3. The number of allylic oxidation sites excluding steroid dienone is 2. The van der Waals surface area contributed by atoms with Crippen molar-refractivity contribution >= 4 is 35.0 Å². The maximum atomic E-state index is 14.4. The quantitative estimate of drug-likeness (QED) is 0.361. The van der Waals surface area contributed by atoms with Crippen LogP contribution in [0, 0.1) is 29.1 Å². The van der Waals surface area contributed by atoms with Crippen LogP contribution in [0.3, 0.4) is 0 Å². The molecular weight excluding hydrogens is 532 g/mol. The zero-order valence-electron chi connectivity index (χ0n) is 23.3. The average Bonchev–Trinajstić information content (AvgIpc) is 3.37. The largest absolute Gasteiger partial charge is 0.504 e. The molecule has 2 saturated heterocycles. The maximum absolute atomic E-state index is 14.4. The maximum Gasteiger partial charge on any atom is 0.241 e. The molecule has 1 saturated carbocycles. The highest BCUT2D eigenvalue weighted by Gasteiger charge is 2.67. The summed E-state index contributed by atoms with van der Waals surface area (Å²) in [4.78, 5) is 58.8. The van der Waals surface area contributed by atoms with Gasteiger partial charge in [-0.3, -0.25) is 24.1 Å². The summed E-state index contributed by atoms with van der Waals surface area (Å²) in [6.45, 7) is 1.83. The first-order chi connectivity index (χ1) is 20.3. The van der Waals surface area contributed by atoms with Gasteiger partial charge in [-0.2, -0.15) is 0 Å². The standard InChI is InChI=1S/C34H30N2O6/c1-34-25(31(39)36(33(34)41)21-11-7-4-8-12-21)18-24-22(29(34)19-13-16-27(42-2)26(37)17-19)14-15-23-28(24)32(40)35(30(23)38)20-9-5-3-6-10-20/h3-14,16-17,23-25,28-29,37H,15,18H2,1-2H3. The molecule has 2 aliphatic carbocycles. The number of hydrogen-bond donors (Lipinski definition) is 1. The lowest BCUT2D eigenvalue weighted by molar-refractivity contribution is -0.131. The van der Waals surface area contributed by atoms with Crippen molar-refractivity contribution in [3.8, 4) is 11.5 Å². The Morgan fingerprint density at radius 3 is 2.07 bits per heavy atom. The van der Waals surface area contributed by atoms with Crippen LogP contribution in [0.5, 0.6) is 11.5 Å². The molecule has 1 N–H and O–H groups in total. The topological polar surface area (TPSA) is 104 Å². The van der Waals surface area contributed by atoms with Crippen molar-refractivity contribution in [3.63, 3.8) is 0 Å². The van der Waals surface area contributed by atoms with E-state index in [-0.39, 0.29) is 35.8 Å². The summed E-state index contributed by atoms with van der Waals surface area (Å²) in [5, 5.41) is 10.8. The highest BCUT2D eigenvalue weighted by atomic mass is 16.5. The van der Waals surface area contributed by atoms with Gasteiger partial charge in [0.05, 0.1) is 41.7 Å². The number of nitrogens with zero attached hydrogens (tertiary/aromatic N) is 2. The van der Waals surface area contributed by atoms with Gasteiger partial charge < -0.3 is 9.84 Å². The second-order valence-electron chi connectivity index (χ2n) is 11.8. The number of imide groups is 2. The van der Waals surface area contributed by atoms with Crippen LogP contribution in [-0.2, 0) is 19.2 Å². The van der Waals surface area contributed by atoms with E-state index in [1.165, 1.54) is 16.9 Å². The van der Waals surface area contributed by atoms with Crippen LogP contribution >= 0.6 is 0 Å². The van der Waals surface area contributed by atoms with Crippen LogP contribution in [0.2, 0.25) is 0 Å². The lowest BCUT2D eigenvalue weighted by Gasteiger charge is -2.49. The van der Waals surface area contributed by atoms with E-state index >= 15 is 0 Å². The Hall–Kier alpha value is -4.72. The van der Waals surface area contributed by atoms with Crippen molar-refractivity contribution in [3.05, 3.63) is 96.1 Å². The minimum absolute atomic E-state index is 0.0781. The molecule has 0 spiro atoms. The molecule has 3 aromatic rings. The Labute approximate surface area is 243 Å². The predicted molar refractivity (Wildman–Crippen MR) is 155 cm³/mol. The second kappa shape index (κ2) is 9.41. The van der Waals surface area contributed by atoms with Gasteiger partial charge in [0.1, 0.15) is 0 Å². The van der Waals surface area contributed by atoms with Crippen LogP contribution in [0.4, 0.5) is 11.4 Å². The molecule has 6 unspecified atom stereocenters. The van der Waals surface area contributed by atoms with E-state index < -0.39 is 35.0 Å². The van der Waals surface area contributed by atoms with E-state index in [0.29, 0.717) is 29.1 Å². The Kier molecular flexibility index (Phi) is 5.87. The Balaban J connectivity index is 1.38. The van der Waals surface area contributed by atoms with Crippen LogP contribution < -0.4 is 14.5 Å². The molecule has 8 heteroatoms. The van der Waals surface area contributed by atoms with E-state index in [0.717, 1.165) is 5.57 Å². The van der Waals surface area contributed by atoms with Crippen molar-refractivity contribution in [2.45, 2.75) is 25.7 Å². The van der Waals surface area contributed by atoms with Crippen molar-refractivity contribution in [1.29, 1.82) is 0 Å². The molecule has 2 aliphatic heterocycles. The Bertz CT molecular complexity index is 1670. The summed E-state index contributed by atoms with van der Waals surface area (Å²) in [6, 6.07) is 22.8. The summed E-state index contributed by atoms with van der Waals surface area (Å²) in [5.41, 5.74) is 1.38. The summed E-state index contributed by atoms with van der Waals surface area (Å²) < 4.78 is 5.27. The minimum Gasteiger partial charge on any atom is -0.504 e. The van der Waals surface area contributed by atoms with E-state index in [1.54, 1.807) is 60.7 Å². The molecule has 3 aromatic carbocycles. The molecule has 0 radical (unpaired) electrons. The van der Waals surface area contributed by atoms with Gasteiger partial charge in [0.2, 0.25) is 23.6 Å².